The first kappa shape index (κ1) is 26.8. The normalized spacial score (nSPS) is 15.1. The number of hydrogen-bond acceptors (Lipinski definition) is 7. The first-order chi connectivity index (χ1) is 18.7. The van der Waals surface area contributed by atoms with Crippen LogP contribution in [0.25, 0.3) is 0 Å². The molecule has 0 aliphatic carbocycles. The largest absolute Gasteiger partial charge is 0.485 e. The van der Waals surface area contributed by atoms with Crippen molar-refractivity contribution in [2.24, 2.45) is 0 Å². The lowest BCUT2D eigenvalue weighted by molar-refractivity contribution is -0.153. The Bertz CT molecular complexity index is 1220. The van der Waals surface area contributed by atoms with Gasteiger partial charge in [0.2, 0.25) is 11.5 Å². The Morgan fingerprint density at radius 2 is 1.16 bits per heavy atom. The van der Waals surface area contributed by atoms with Crippen LogP contribution >= 0.6 is 0 Å². The molecule has 1 atom stereocenters. The van der Waals surface area contributed by atoms with Crippen LogP contribution in [0, 0.1) is 0 Å². The second kappa shape index (κ2) is 13.9. The summed E-state index contributed by atoms with van der Waals surface area (Å²) in [4.78, 5) is 12.9. The number of hydrogen-bond donors (Lipinski definition) is 0. The lowest BCUT2D eigenvalue weighted by Gasteiger charge is -2.31. The van der Waals surface area contributed by atoms with Gasteiger partial charge >= 0.3 is 5.97 Å². The zero-order valence-electron chi connectivity index (χ0n) is 21.6. The number of esters is 1. The molecule has 0 saturated heterocycles. The topological polar surface area (TPSA) is 72.5 Å². The van der Waals surface area contributed by atoms with E-state index in [4.69, 9.17) is 28.4 Å². The van der Waals surface area contributed by atoms with E-state index in [0.29, 0.717) is 30.3 Å². The van der Waals surface area contributed by atoms with Crippen LogP contribution in [0.2, 0.25) is 0 Å². The van der Waals surface area contributed by atoms with Gasteiger partial charge in [-0.25, -0.2) is 4.79 Å². The Hall–Kier alpha value is -4.23. The monoisotopic (exact) mass is 516 g/mol. The molecule has 0 amide bonds. The van der Waals surface area contributed by atoms with Crippen LogP contribution in [0.15, 0.2) is 114 Å². The summed E-state index contributed by atoms with van der Waals surface area (Å²) >= 11 is 0. The lowest BCUT2D eigenvalue weighted by atomic mass is 10.1. The minimum atomic E-state index is -1.16. The number of methoxy groups -OCH3 is 2. The molecule has 1 aliphatic rings. The highest BCUT2D eigenvalue weighted by molar-refractivity contribution is 5.78. The summed E-state index contributed by atoms with van der Waals surface area (Å²) in [7, 11) is 2.91. The van der Waals surface area contributed by atoms with Gasteiger partial charge in [0.15, 0.2) is 5.76 Å². The van der Waals surface area contributed by atoms with Crippen molar-refractivity contribution in [3.8, 4) is 0 Å². The van der Waals surface area contributed by atoms with Crippen molar-refractivity contribution >= 4 is 5.97 Å². The smallest absolute Gasteiger partial charge is 0.355 e. The summed E-state index contributed by atoms with van der Waals surface area (Å²) < 4.78 is 35.4. The van der Waals surface area contributed by atoms with E-state index in [2.05, 4.69) is 0 Å². The predicted molar refractivity (Wildman–Crippen MR) is 141 cm³/mol. The second-order valence-corrected chi connectivity index (χ2v) is 8.53. The second-order valence-electron chi connectivity index (χ2n) is 8.53. The van der Waals surface area contributed by atoms with Gasteiger partial charge in [-0.1, -0.05) is 91.0 Å². The van der Waals surface area contributed by atoms with Crippen molar-refractivity contribution in [1.29, 1.82) is 0 Å². The number of carbonyl (C=O) groups is 1. The summed E-state index contributed by atoms with van der Waals surface area (Å²) in [5.41, 5.74) is 2.84. The lowest BCUT2D eigenvalue weighted by Crippen LogP contribution is -2.34. The van der Waals surface area contributed by atoms with Gasteiger partial charge in [0, 0.05) is 13.5 Å². The quantitative estimate of drug-likeness (QED) is 0.271. The first-order valence-electron chi connectivity index (χ1n) is 12.4. The van der Waals surface area contributed by atoms with E-state index >= 15 is 0 Å². The fourth-order valence-corrected chi connectivity index (χ4v) is 3.86. The van der Waals surface area contributed by atoms with Crippen LogP contribution < -0.4 is 0 Å². The van der Waals surface area contributed by atoms with Gasteiger partial charge in [0.1, 0.15) is 25.6 Å². The van der Waals surface area contributed by atoms with Crippen LogP contribution in [0.5, 0.6) is 0 Å². The van der Waals surface area contributed by atoms with Crippen molar-refractivity contribution in [2.45, 2.75) is 32.3 Å². The first-order valence-corrected chi connectivity index (χ1v) is 12.4. The molecule has 0 saturated carbocycles. The number of carbonyl (C=O) groups excluding carboxylic acids is 1. The van der Waals surface area contributed by atoms with Crippen molar-refractivity contribution in [3.05, 3.63) is 131 Å². The van der Waals surface area contributed by atoms with E-state index in [1.807, 2.05) is 91.0 Å². The van der Waals surface area contributed by atoms with Gasteiger partial charge < -0.3 is 28.4 Å². The van der Waals surface area contributed by atoms with Crippen molar-refractivity contribution in [2.75, 3.05) is 20.8 Å². The molecule has 0 N–H and O–H groups in total. The minimum absolute atomic E-state index is 0.195. The molecule has 3 aromatic rings. The third-order valence-corrected chi connectivity index (χ3v) is 5.82. The fourth-order valence-electron chi connectivity index (χ4n) is 3.86. The minimum Gasteiger partial charge on any atom is -0.485 e. The number of rotatable bonds is 13. The van der Waals surface area contributed by atoms with Crippen LogP contribution in [-0.2, 0) is 53.0 Å². The highest BCUT2D eigenvalue weighted by Crippen LogP contribution is 2.36. The average molecular weight is 517 g/mol. The van der Waals surface area contributed by atoms with E-state index < -0.39 is 12.1 Å². The average Bonchev–Trinajstić information content (AvgIpc) is 2.98. The molecule has 0 aromatic heterocycles. The molecule has 0 unspecified atom stereocenters. The Labute approximate surface area is 223 Å². The van der Waals surface area contributed by atoms with Crippen molar-refractivity contribution < 1.29 is 33.2 Å². The van der Waals surface area contributed by atoms with Crippen molar-refractivity contribution in [1.82, 2.24) is 0 Å². The van der Waals surface area contributed by atoms with E-state index in [9.17, 15) is 4.79 Å². The highest BCUT2D eigenvalue weighted by Gasteiger charge is 2.40. The summed E-state index contributed by atoms with van der Waals surface area (Å²) in [6, 6.07) is 29.2. The molecule has 198 valence electrons. The van der Waals surface area contributed by atoms with Gasteiger partial charge in [0.05, 0.1) is 13.7 Å². The Morgan fingerprint density at radius 1 is 0.684 bits per heavy atom. The van der Waals surface area contributed by atoms with Gasteiger partial charge in [0.25, 0.3) is 6.10 Å². The van der Waals surface area contributed by atoms with Crippen molar-refractivity contribution in [3.63, 3.8) is 0 Å². The van der Waals surface area contributed by atoms with E-state index in [1.54, 1.807) is 7.11 Å². The molecule has 4 rings (SSSR count). The predicted octanol–water partition coefficient (Wildman–Crippen LogP) is 5.67. The molecule has 1 heterocycles. The van der Waals surface area contributed by atoms with Gasteiger partial charge in [-0.2, -0.15) is 0 Å². The van der Waals surface area contributed by atoms with E-state index in [0.717, 1.165) is 16.7 Å². The third kappa shape index (κ3) is 7.17. The molecule has 38 heavy (non-hydrogen) atoms. The van der Waals surface area contributed by atoms with E-state index in [-0.39, 0.29) is 25.6 Å². The molecule has 0 fully saturated rings. The summed E-state index contributed by atoms with van der Waals surface area (Å²) in [5.74, 6) is 0.679. The molecule has 0 spiro atoms. The summed E-state index contributed by atoms with van der Waals surface area (Å²) in [5, 5.41) is 0. The molecular formula is C31H32O7. The van der Waals surface area contributed by atoms with Gasteiger partial charge in [-0.15, -0.1) is 0 Å². The summed E-state index contributed by atoms with van der Waals surface area (Å²) in [6.07, 6.45) is -0.802. The molecule has 0 radical (unpaired) electrons. The SMILES string of the molecule is COCCC1=C(OCc2ccccc2)C(OCc2ccccc2)=C(OCc2ccccc2)[C@@H](C(=O)OC)O1. The molecule has 7 nitrogen and oxygen atoms in total. The molecular weight excluding hydrogens is 484 g/mol. The van der Waals surface area contributed by atoms with Gasteiger partial charge in [-0.3, -0.25) is 0 Å². The number of ether oxygens (including phenoxy) is 6. The maximum absolute atomic E-state index is 12.9. The number of benzene rings is 3. The molecule has 7 heteroatoms. The Kier molecular flexibility index (Phi) is 9.82. The zero-order chi connectivity index (χ0) is 26.6. The van der Waals surface area contributed by atoms with E-state index in [1.165, 1.54) is 7.11 Å². The molecule has 3 aromatic carbocycles. The van der Waals surface area contributed by atoms with Crippen LogP contribution in [0.3, 0.4) is 0 Å². The third-order valence-electron chi connectivity index (χ3n) is 5.82. The maximum atomic E-state index is 12.9. The zero-order valence-corrected chi connectivity index (χ0v) is 21.6. The van der Waals surface area contributed by atoms with Crippen LogP contribution in [-0.4, -0.2) is 32.9 Å². The molecule has 1 aliphatic heterocycles. The maximum Gasteiger partial charge on any atom is 0.355 e. The standard InChI is InChI=1S/C31H32O7/c1-33-19-18-26-27(35-20-23-12-6-3-7-13-23)28(36-21-24-14-8-4-9-15-24)29(30(38-26)31(32)34-2)37-22-25-16-10-5-11-17-25/h3-17,30H,18-22H2,1-2H3/t30-/m0/s1. The Morgan fingerprint density at radius 3 is 1.63 bits per heavy atom. The summed E-state index contributed by atoms with van der Waals surface area (Å²) in [6.45, 7) is 1.05. The van der Waals surface area contributed by atoms with Crippen LogP contribution in [0.4, 0.5) is 0 Å². The van der Waals surface area contributed by atoms with Gasteiger partial charge in [-0.05, 0) is 16.7 Å². The fraction of sp³-hybridized carbons (Fsp3) is 0.258. The highest BCUT2D eigenvalue weighted by atomic mass is 16.6. The Balaban J connectivity index is 1.75. The van der Waals surface area contributed by atoms with Crippen LogP contribution in [0.1, 0.15) is 23.1 Å². The molecule has 0 bridgehead atoms.